The Morgan fingerprint density at radius 1 is 1.50 bits per heavy atom. The number of aromatic nitrogens is 2. The van der Waals surface area contributed by atoms with Gasteiger partial charge in [0.1, 0.15) is 0 Å². The molecule has 0 aliphatic heterocycles. The lowest BCUT2D eigenvalue weighted by atomic mass is 10.4. The van der Waals surface area contributed by atoms with E-state index in [0.29, 0.717) is 0 Å². The van der Waals surface area contributed by atoms with E-state index in [4.69, 9.17) is 0 Å². The van der Waals surface area contributed by atoms with Crippen molar-refractivity contribution in [3.63, 3.8) is 0 Å². The van der Waals surface area contributed by atoms with Crippen LogP contribution < -0.4 is 10.2 Å². The number of rotatable bonds is 5. The van der Waals surface area contributed by atoms with Crippen LogP contribution in [0.2, 0.25) is 0 Å². The number of hydrogen-bond acceptors (Lipinski definition) is 4. The fourth-order valence-electron chi connectivity index (χ4n) is 1.68. The first-order valence-corrected chi connectivity index (χ1v) is 6.52. The highest BCUT2D eigenvalue weighted by atomic mass is 32.1. The van der Waals surface area contributed by atoms with Crippen molar-refractivity contribution in [2.45, 2.75) is 20.4 Å². The monoisotopic (exact) mass is 238 g/mol. The Balaban J connectivity index is 2.41. The summed E-state index contributed by atoms with van der Waals surface area (Å²) in [7, 11) is 2.09. The Morgan fingerprint density at radius 3 is 3.00 bits per heavy atom. The van der Waals surface area contributed by atoms with Gasteiger partial charge in [0.2, 0.25) is 0 Å². The van der Waals surface area contributed by atoms with Crippen molar-refractivity contribution in [2.24, 2.45) is 0 Å². The molecule has 2 rings (SSSR count). The molecule has 5 heteroatoms. The molecular formula is C11H18N4S. The first-order valence-electron chi connectivity index (χ1n) is 5.64. The summed E-state index contributed by atoms with van der Waals surface area (Å²) in [6.07, 6.45) is 2.09. The van der Waals surface area contributed by atoms with Crippen LogP contribution in [-0.2, 0) is 6.54 Å². The lowest BCUT2D eigenvalue weighted by molar-refractivity contribution is 0.703. The van der Waals surface area contributed by atoms with Crippen LogP contribution in [0.5, 0.6) is 0 Å². The van der Waals surface area contributed by atoms with Gasteiger partial charge in [-0.15, -0.1) is 11.3 Å². The summed E-state index contributed by atoms with van der Waals surface area (Å²) in [4.78, 5) is 7.92. The van der Waals surface area contributed by atoms with E-state index in [1.807, 2.05) is 0 Å². The Morgan fingerprint density at radius 2 is 2.31 bits per heavy atom. The summed E-state index contributed by atoms with van der Waals surface area (Å²) in [5.74, 6) is 1.09. The number of imidazole rings is 1. The standard InChI is InChI=1S/C11H18N4S/c1-4-12-8-9-10(14(3)5-2)13-11-15(9)6-7-16-11/h6-7,12H,4-5,8H2,1-3H3. The van der Waals surface area contributed by atoms with Gasteiger partial charge in [-0.25, -0.2) is 4.98 Å². The second kappa shape index (κ2) is 4.84. The third-order valence-electron chi connectivity index (χ3n) is 2.72. The van der Waals surface area contributed by atoms with Crippen molar-refractivity contribution >= 4 is 22.1 Å². The molecule has 0 bridgehead atoms. The molecule has 1 N–H and O–H groups in total. The van der Waals surface area contributed by atoms with Crippen molar-refractivity contribution in [3.05, 3.63) is 17.3 Å². The molecular weight excluding hydrogens is 220 g/mol. The molecule has 88 valence electrons. The van der Waals surface area contributed by atoms with Gasteiger partial charge in [0.25, 0.3) is 0 Å². The second-order valence-electron chi connectivity index (χ2n) is 3.73. The highest BCUT2D eigenvalue weighted by Gasteiger charge is 2.14. The van der Waals surface area contributed by atoms with Crippen molar-refractivity contribution in [1.29, 1.82) is 0 Å². The van der Waals surface area contributed by atoms with Gasteiger partial charge in [0.15, 0.2) is 10.8 Å². The van der Waals surface area contributed by atoms with Crippen LogP contribution >= 0.6 is 11.3 Å². The number of thiazole rings is 1. The second-order valence-corrected chi connectivity index (χ2v) is 4.61. The maximum atomic E-state index is 4.66. The fourth-order valence-corrected chi connectivity index (χ4v) is 2.41. The van der Waals surface area contributed by atoms with Gasteiger partial charge in [-0.3, -0.25) is 4.40 Å². The fraction of sp³-hybridized carbons (Fsp3) is 0.545. The first kappa shape index (κ1) is 11.4. The molecule has 0 saturated heterocycles. The number of hydrogen-bond donors (Lipinski definition) is 1. The third-order valence-corrected chi connectivity index (χ3v) is 3.47. The van der Waals surface area contributed by atoms with Crippen LogP contribution in [0.1, 0.15) is 19.5 Å². The van der Waals surface area contributed by atoms with E-state index in [2.05, 4.69) is 52.1 Å². The minimum atomic E-state index is 0.869. The summed E-state index contributed by atoms with van der Waals surface area (Å²) in [5, 5.41) is 5.45. The van der Waals surface area contributed by atoms with E-state index in [1.54, 1.807) is 11.3 Å². The molecule has 0 atom stereocenters. The smallest absolute Gasteiger partial charge is 0.195 e. The lowest BCUT2D eigenvalue weighted by Gasteiger charge is -2.15. The van der Waals surface area contributed by atoms with E-state index >= 15 is 0 Å². The van der Waals surface area contributed by atoms with Gasteiger partial charge in [-0.05, 0) is 13.5 Å². The zero-order valence-electron chi connectivity index (χ0n) is 10.0. The molecule has 16 heavy (non-hydrogen) atoms. The van der Waals surface area contributed by atoms with Gasteiger partial charge in [0.05, 0.1) is 5.69 Å². The predicted molar refractivity (Wildman–Crippen MR) is 69.4 cm³/mol. The predicted octanol–water partition coefficient (Wildman–Crippen LogP) is 1.96. The quantitative estimate of drug-likeness (QED) is 0.864. The summed E-state index contributed by atoms with van der Waals surface area (Å²) in [6, 6.07) is 0. The van der Waals surface area contributed by atoms with Crippen molar-refractivity contribution in [3.8, 4) is 0 Å². The van der Waals surface area contributed by atoms with E-state index in [-0.39, 0.29) is 0 Å². The molecule has 2 aromatic heterocycles. The molecule has 0 fully saturated rings. The number of nitrogens with one attached hydrogen (secondary N) is 1. The topological polar surface area (TPSA) is 32.6 Å². The maximum Gasteiger partial charge on any atom is 0.195 e. The highest BCUT2D eigenvalue weighted by Crippen LogP contribution is 2.23. The van der Waals surface area contributed by atoms with Crippen molar-refractivity contribution in [2.75, 3.05) is 25.0 Å². The van der Waals surface area contributed by atoms with Crippen LogP contribution in [0.25, 0.3) is 4.96 Å². The van der Waals surface area contributed by atoms with Crippen LogP contribution in [0.15, 0.2) is 11.6 Å². The molecule has 0 aliphatic carbocycles. The van der Waals surface area contributed by atoms with Gasteiger partial charge in [-0.2, -0.15) is 0 Å². The van der Waals surface area contributed by atoms with Crippen LogP contribution in [0, 0.1) is 0 Å². The highest BCUT2D eigenvalue weighted by molar-refractivity contribution is 7.15. The number of fused-ring (bicyclic) bond motifs is 1. The molecule has 0 aromatic carbocycles. The van der Waals surface area contributed by atoms with Crippen LogP contribution in [0.4, 0.5) is 5.82 Å². The van der Waals surface area contributed by atoms with Crippen LogP contribution in [0.3, 0.4) is 0 Å². The minimum absolute atomic E-state index is 0.869. The van der Waals surface area contributed by atoms with Crippen molar-refractivity contribution < 1.29 is 0 Å². The molecule has 0 spiro atoms. The summed E-state index contributed by atoms with van der Waals surface area (Å²) < 4.78 is 2.18. The zero-order valence-corrected chi connectivity index (χ0v) is 10.8. The average Bonchev–Trinajstić information content (AvgIpc) is 2.85. The summed E-state index contributed by atoms with van der Waals surface area (Å²) in [6.45, 7) is 7.09. The number of anilines is 1. The van der Waals surface area contributed by atoms with E-state index < -0.39 is 0 Å². The first-order chi connectivity index (χ1) is 7.77. The Bertz CT molecular complexity index is 459. The molecule has 0 unspecified atom stereocenters. The lowest BCUT2D eigenvalue weighted by Crippen LogP contribution is -2.21. The molecule has 0 saturated carbocycles. The van der Waals surface area contributed by atoms with Gasteiger partial charge in [-0.1, -0.05) is 6.92 Å². The van der Waals surface area contributed by atoms with Gasteiger partial charge < -0.3 is 10.2 Å². The minimum Gasteiger partial charge on any atom is -0.358 e. The largest absolute Gasteiger partial charge is 0.358 e. The SMILES string of the molecule is CCNCc1c(N(C)CC)nc2sccn12. The van der Waals surface area contributed by atoms with E-state index in [0.717, 1.165) is 30.4 Å². The molecule has 0 aliphatic rings. The molecule has 2 heterocycles. The molecule has 4 nitrogen and oxygen atoms in total. The Hall–Kier alpha value is -1.07. The summed E-state index contributed by atoms with van der Waals surface area (Å²) in [5.41, 5.74) is 1.25. The van der Waals surface area contributed by atoms with Gasteiger partial charge in [0, 0.05) is 31.7 Å². The molecule has 0 amide bonds. The Labute approximate surface area is 99.9 Å². The third kappa shape index (κ3) is 1.92. The average molecular weight is 238 g/mol. The molecule has 2 aromatic rings. The van der Waals surface area contributed by atoms with E-state index in [1.165, 1.54) is 5.69 Å². The van der Waals surface area contributed by atoms with E-state index in [9.17, 15) is 0 Å². The van der Waals surface area contributed by atoms with Crippen LogP contribution in [-0.4, -0.2) is 29.5 Å². The summed E-state index contributed by atoms with van der Waals surface area (Å²) >= 11 is 1.68. The normalized spacial score (nSPS) is 11.2. The zero-order chi connectivity index (χ0) is 11.5. The van der Waals surface area contributed by atoms with Crippen molar-refractivity contribution in [1.82, 2.24) is 14.7 Å². The Kier molecular flexibility index (Phi) is 3.46. The maximum absolute atomic E-state index is 4.66. The van der Waals surface area contributed by atoms with Gasteiger partial charge >= 0.3 is 0 Å². The number of nitrogens with zero attached hydrogens (tertiary/aromatic N) is 3. The molecule has 0 radical (unpaired) electrons.